The summed E-state index contributed by atoms with van der Waals surface area (Å²) in [6.45, 7) is 1.90. The molecule has 23 heavy (non-hydrogen) atoms. The van der Waals surface area contributed by atoms with Crippen LogP contribution in [0, 0.1) is 6.92 Å². The molecule has 0 saturated heterocycles. The Morgan fingerprint density at radius 1 is 1.09 bits per heavy atom. The molecule has 0 amide bonds. The van der Waals surface area contributed by atoms with Crippen LogP contribution in [-0.4, -0.2) is 23.5 Å². The first-order valence-electron chi connectivity index (χ1n) is 7.54. The second-order valence-corrected chi connectivity index (χ2v) is 8.11. The summed E-state index contributed by atoms with van der Waals surface area (Å²) in [4.78, 5) is 12.3. The lowest BCUT2D eigenvalue weighted by atomic mass is 10.1. The number of nitrogens with zero attached hydrogens (tertiary/aromatic N) is 1. The van der Waals surface area contributed by atoms with E-state index >= 15 is 0 Å². The molecular weight excluding hydrogens is 378 g/mol. The molecule has 0 aliphatic heterocycles. The van der Waals surface area contributed by atoms with Gasteiger partial charge in [0.25, 0.3) is 10.0 Å². The van der Waals surface area contributed by atoms with Crippen molar-refractivity contribution in [3.05, 3.63) is 53.9 Å². The molecule has 4 nitrogen and oxygen atoms in total. The van der Waals surface area contributed by atoms with E-state index in [1.54, 1.807) is 30.3 Å². The van der Waals surface area contributed by atoms with Crippen molar-refractivity contribution in [3.8, 4) is 0 Å². The molecule has 0 bridgehead atoms. The van der Waals surface area contributed by atoms with Crippen LogP contribution in [0.5, 0.6) is 0 Å². The summed E-state index contributed by atoms with van der Waals surface area (Å²) in [6.07, 6.45) is 6.13. The number of hydrogen-bond donors (Lipinski definition) is 0. The van der Waals surface area contributed by atoms with Crippen LogP contribution in [0.1, 0.15) is 41.6 Å². The number of carbonyl (C=O) groups excluding carboxylic acids is 1. The molecule has 124 valence electrons. The summed E-state index contributed by atoms with van der Waals surface area (Å²) in [5.41, 5.74) is 1.44. The third-order valence-corrected chi connectivity index (χ3v) is 5.83. The zero-order valence-corrected chi connectivity index (χ0v) is 15.4. The van der Waals surface area contributed by atoms with Crippen LogP contribution < -0.4 is 0 Å². The van der Waals surface area contributed by atoms with E-state index in [0.29, 0.717) is 12.0 Å². The molecule has 1 aromatic heterocycles. The van der Waals surface area contributed by atoms with Crippen molar-refractivity contribution in [1.29, 1.82) is 0 Å². The Morgan fingerprint density at radius 2 is 1.78 bits per heavy atom. The van der Waals surface area contributed by atoms with Crippen molar-refractivity contribution in [2.45, 2.75) is 37.5 Å². The van der Waals surface area contributed by atoms with Gasteiger partial charge in [-0.1, -0.05) is 40.0 Å². The average molecular weight is 398 g/mol. The summed E-state index contributed by atoms with van der Waals surface area (Å²) in [6, 6.07) is 8.23. The topological polar surface area (TPSA) is 56.1 Å². The second kappa shape index (κ2) is 7.93. The van der Waals surface area contributed by atoms with Crippen LogP contribution in [0.15, 0.2) is 47.6 Å². The van der Waals surface area contributed by atoms with Crippen LogP contribution in [-0.2, 0) is 10.0 Å². The molecule has 0 aliphatic carbocycles. The number of hydrogen-bond acceptors (Lipinski definition) is 3. The molecule has 2 aromatic rings. The van der Waals surface area contributed by atoms with Gasteiger partial charge in [0.1, 0.15) is 0 Å². The van der Waals surface area contributed by atoms with E-state index in [1.807, 2.05) is 6.92 Å². The van der Waals surface area contributed by atoms with Gasteiger partial charge in [0.15, 0.2) is 5.78 Å². The maximum Gasteiger partial charge on any atom is 0.267 e. The van der Waals surface area contributed by atoms with Crippen LogP contribution in [0.2, 0.25) is 0 Å². The van der Waals surface area contributed by atoms with Crippen molar-refractivity contribution in [3.63, 3.8) is 0 Å². The average Bonchev–Trinajstić information content (AvgIpc) is 3.02. The summed E-state index contributed by atoms with van der Waals surface area (Å²) < 4.78 is 26.2. The van der Waals surface area contributed by atoms with E-state index in [0.717, 1.165) is 34.1 Å². The number of alkyl halides is 1. The van der Waals surface area contributed by atoms with Crippen LogP contribution >= 0.6 is 15.9 Å². The van der Waals surface area contributed by atoms with Gasteiger partial charge < -0.3 is 0 Å². The smallest absolute Gasteiger partial charge is 0.267 e. The zero-order valence-electron chi connectivity index (χ0n) is 13.0. The lowest BCUT2D eigenvalue weighted by Gasteiger charge is -2.05. The van der Waals surface area contributed by atoms with Gasteiger partial charge in [-0.3, -0.25) is 4.79 Å². The van der Waals surface area contributed by atoms with Gasteiger partial charge in [0, 0.05) is 29.7 Å². The third kappa shape index (κ3) is 4.54. The van der Waals surface area contributed by atoms with Gasteiger partial charge in [-0.05, 0) is 38.0 Å². The van der Waals surface area contributed by atoms with E-state index in [4.69, 9.17) is 0 Å². The van der Waals surface area contributed by atoms with Gasteiger partial charge in [0.2, 0.25) is 0 Å². The molecular formula is C17H20BrNO3S. The fraction of sp³-hybridized carbons (Fsp3) is 0.353. The highest BCUT2D eigenvalue weighted by molar-refractivity contribution is 9.09. The minimum Gasteiger partial charge on any atom is -0.294 e. The van der Waals surface area contributed by atoms with Crippen molar-refractivity contribution in [2.24, 2.45) is 0 Å². The molecule has 1 aromatic carbocycles. The standard InChI is InChI=1S/C17H20BrNO3S/c1-14-6-8-16(9-7-14)23(21,22)19-12-10-15(13-19)17(20)5-3-2-4-11-18/h6-10,12-13H,2-5,11H2,1H3. The first kappa shape index (κ1) is 17.9. The zero-order chi connectivity index (χ0) is 16.9. The van der Waals surface area contributed by atoms with E-state index in [2.05, 4.69) is 15.9 Å². The van der Waals surface area contributed by atoms with E-state index < -0.39 is 10.0 Å². The van der Waals surface area contributed by atoms with E-state index in [1.165, 1.54) is 12.4 Å². The molecule has 2 rings (SSSR count). The molecule has 0 saturated carbocycles. The van der Waals surface area contributed by atoms with E-state index in [-0.39, 0.29) is 10.7 Å². The lowest BCUT2D eigenvalue weighted by molar-refractivity contribution is 0.0979. The minimum absolute atomic E-state index is 0.0163. The largest absolute Gasteiger partial charge is 0.294 e. The number of rotatable bonds is 8. The highest BCUT2D eigenvalue weighted by Crippen LogP contribution is 2.17. The fourth-order valence-corrected chi connectivity index (χ4v) is 3.82. The molecule has 0 fully saturated rings. The van der Waals surface area contributed by atoms with Crippen molar-refractivity contribution < 1.29 is 13.2 Å². The predicted octanol–water partition coefficient (Wildman–Crippen LogP) is 4.17. The molecule has 6 heteroatoms. The number of aryl methyl sites for hydroxylation is 1. The fourth-order valence-electron chi connectivity index (χ4n) is 2.22. The highest BCUT2D eigenvalue weighted by Gasteiger charge is 2.18. The number of ketones is 1. The van der Waals surface area contributed by atoms with Gasteiger partial charge in [-0.2, -0.15) is 0 Å². The maximum atomic E-state index is 12.5. The number of Topliss-reactive ketones (excluding diaryl/α,β-unsaturated/α-hetero) is 1. The number of halogens is 1. The summed E-state index contributed by atoms with van der Waals surface area (Å²) >= 11 is 3.36. The summed E-state index contributed by atoms with van der Waals surface area (Å²) in [5, 5.41) is 0.937. The molecule has 0 radical (unpaired) electrons. The quantitative estimate of drug-likeness (QED) is 0.381. The SMILES string of the molecule is Cc1ccc(S(=O)(=O)n2ccc(C(=O)CCCCCBr)c2)cc1. The molecule has 0 aliphatic rings. The molecule has 1 heterocycles. The van der Waals surface area contributed by atoms with Gasteiger partial charge >= 0.3 is 0 Å². The van der Waals surface area contributed by atoms with Gasteiger partial charge in [-0.15, -0.1) is 0 Å². The first-order chi connectivity index (χ1) is 10.9. The maximum absolute atomic E-state index is 12.5. The second-order valence-electron chi connectivity index (χ2n) is 5.47. The lowest BCUT2D eigenvalue weighted by Crippen LogP contribution is -2.11. The minimum atomic E-state index is -3.64. The van der Waals surface area contributed by atoms with Crippen LogP contribution in [0.25, 0.3) is 0 Å². The predicted molar refractivity (Wildman–Crippen MR) is 94.8 cm³/mol. The Balaban J connectivity index is 2.11. The van der Waals surface area contributed by atoms with E-state index in [9.17, 15) is 13.2 Å². The molecule has 0 spiro atoms. The monoisotopic (exact) mass is 397 g/mol. The van der Waals surface area contributed by atoms with Gasteiger partial charge in [-0.25, -0.2) is 12.4 Å². The van der Waals surface area contributed by atoms with Crippen molar-refractivity contribution in [1.82, 2.24) is 3.97 Å². The third-order valence-electron chi connectivity index (χ3n) is 3.62. The Labute approximate surface area is 145 Å². The van der Waals surface area contributed by atoms with Gasteiger partial charge in [0.05, 0.1) is 4.90 Å². The Hall–Kier alpha value is -1.40. The molecule has 0 unspecified atom stereocenters. The van der Waals surface area contributed by atoms with Crippen molar-refractivity contribution in [2.75, 3.05) is 5.33 Å². The normalized spacial score (nSPS) is 11.6. The first-order valence-corrected chi connectivity index (χ1v) is 10.1. The van der Waals surface area contributed by atoms with Crippen LogP contribution in [0.3, 0.4) is 0 Å². The highest BCUT2D eigenvalue weighted by atomic mass is 79.9. The van der Waals surface area contributed by atoms with Crippen LogP contribution in [0.4, 0.5) is 0 Å². The summed E-state index contributed by atoms with van der Waals surface area (Å²) in [5.74, 6) is -0.0163. The number of unbranched alkanes of at least 4 members (excludes halogenated alkanes) is 2. The Bertz CT molecular complexity index is 763. The number of aromatic nitrogens is 1. The Kier molecular flexibility index (Phi) is 6.18. The molecule has 0 N–H and O–H groups in total. The number of benzene rings is 1. The van der Waals surface area contributed by atoms with Crippen molar-refractivity contribution >= 4 is 31.7 Å². The Morgan fingerprint density at radius 3 is 2.43 bits per heavy atom. The summed E-state index contributed by atoms with van der Waals surface area (Å²) in [7, 11) is -3.64. The molecule has 0 atom stereocenters. The number of carbonyl (C=O) groups is 1.